The van der Waals surface area contributed by atoms with Crippen molar-refractivity contribution >= 4 is 17.5 Å². The lowest BCUT2D eigenvalue weighted by Gasteiger charge is -2.05. The highest BCUT2D eigenvalue weighted by atomic mass is 35.5. The Balaban J connectivity index is 2.47. The van der Waals surface area contributed by atoms with Crippen LogP contribution in [0.1, 0.15) is 29.6 Å². The van der Waals surface area contributed by atoms with E-state index >= 15 is 0 Å². The maximum Gasteiger partial charge on any atom is 0.254 e. The second-order valence-corrected chi connectivity index (χ2v) is 3.77. The first-order valence-corrected chi connectivity index (χ1v) is 5.55. The van der Waals surface area contributed by atoms with Crippen molar-refractivity contribution in [2.45, 2.75) is 19.3 Å². The summed E-state index contributed by atoms with van der Waals surface area (Å²) in [5.74, 6) is 1.49. The van der Waals surface area contributed by atoms with Gasteiger partial charge < -0.3 is 5.32 Å². The largest absolute Gasteiger partial charge is 0.352 e. The second kappa shape index (κ2) is 6.87. The molecule has 0 aromatic carbocycles. The molecule has 0 fully saturated rings. The van der Waals surface area contributed by atoms with Crippen LogP contribution in [0.2, 0.25) is 5.15 Å². The quantitative estimate of drug-likeness (QED) is 0.498. The summed E-state index contributed by atoms with van der Waals surface area (Å²) in [4.78, 5) is 15.2. The molecule has 1 amide bonds. The van der Waals surface area contributed by atoms with E-state index in [4.69, 9.17) is 18.0 Å². The van der Waals surface area contributed by atoms with E-state index in [0.29, 0.717) is 13.0 Å². The van der Waals surface area contributed by atoms with Crippen molar-refractivity contribution in [3.8, 4) is 12.3 Å². The normalized spacial score (nSPS) is 9.71. The minimum Gasteiger partial charge on any atom is -0.352 e. The zero-order chi connectivity index (χ0) is 12.7. The van der Waals surface area contributed by atoms with E-state index in [1.165, 1.54) is 0 Å². The topological polar surface area (TPSA) is 42.0 Å². The molecule has 3 nitrogen and oxygen atoms in total. The summed E-state index contributed by atoms with van der Waals surface area (Å²) in [5.41, 5.74) is 0.0450. The predicted molar refractivity (Wildman–Crippen MR) is 64.2 cm³/mol. The Morgan fingerprint density at radius 3 is 3.06 bits per heavy atom. The summed E-state index contributed by atoms with van der Waals surface area (Å²) >= 11 is 5.69. The van der Waals surface area contributed by atoms with E-state index in [9.17, 15) is 9.18 Å². The average molecular weight is 255 g/mol. The first kappa shape index (κ1) is 13.5. The Kier molecular flexibility index (Phi) is 5.44. The zero-order valence-corrected chi connectivity index (χ0v) is 9.93. The van der Waals surface area contributed by atoms with Crippen molar-refractivity contribution in [3.05, 3.63) is 28.8 Å². The summed E-state index contributed by atoms with van der Waals surface area (Å²) in [5, 5.41) is 2.62. The average Bonchev–Trinajstić information content (AvgIpc) is 2.32. The Hall–Kier alpha value is -1.60. The van der Waals surface area contributed by atoms with Crippen LogP contribution in [0.5, 0.6) is 0 Å². The van der Waals surface area contributed by atoms with E-state index in [-0.39, 0.29) is 10.7 Å². The van der Waals surface area contributed by atoms with Crippen LogP contribution in [0.25, 0.3) is 0 Å². The number of terminal acetylenes is 1. The molecule has 0 aliphatic carbocycles. The van der Waals surface area contributed by atoms with Gasteiger partial charge in [-0.2, -0.15) is 0 Å². The Morgan fingerprint density at radius 2 is 2.35 bits per heavy atom. The summed E-state index contributed by atoms with van der Waals surface area (Å²) in [6, 6.07) is 1.06. The molecule has 0 bridgehead atoms. The molecule has 0 aliphatic heterocycles. The van der Waals surface area contributed by atoms with Crippen LogP contribution >= 0.6 is 11.6 Å². The van der Waals surface area contributed by atoms with Gasteiger partial charge in [0.05, 0.1) is 11.8 Å². The van der Waals surface area contributed by atoms with Crippen molar-refractivity contribution in [3.63, 3.8) is 0 Å². The van der Waals surface area contributed by atoms with Gasteiger partial charge in [0.25, 0.3) is 5.91 Å². The SMILES string of the molecule is C#CCCCCNC(=O)c1cc(F)cnc1Cl. The van der Waals surface area contributed by atoms with E-state index in [1.807, 2.05) is 0 Å². The van der Waals surface area contributed by atoms with Crippen LogP contribution in [0.4, 0.5) is 4.39 Å². The van der Waals surface area contributed by atoms with Gasteiger partial charge in [-0.25, -0.2) is 9.37 Å². The fourth-order valence-electron chi connectivity index (χ4n) is 1.23. The minimum atomic E-state index is -0.591. The lowest BCUT2D eigenvalue weighted by molar-refractivity contribution is 0.0952. The highest BCUT2D eigenvalue weighted by molar-refractivity contribution is 6.32. The number of pyridine rings is 1. The monoisotopic (exact) mass is 254 g/mol. The van der Waals surface area contributed by atoms with Crippen molar-refractivity contribution < 1.29 is 9.18 Å². The Bertz CT molecular complexity index is 443. The van der Waals surface area contributed by atoms with Gasteiger partial charge in [-0.1, -0.05) is 11.6 Å². The summed E-state index contributed by atoms with van der Waals surface area (Å²) in [6.07, 6.45) is 8.35. The number of unbranched alkanes of at least 4 members (excludes halogenated alkanes) is 2. The van der Waals surface area contributed by atoms with Gasteiger partial charge >= 0.3 is 0 Å². The third-order valence-corrected chi connectivity index (χ3v) is 2.38. The number of rotatable bonds is 5. The molecule has 0 atom stereocenters. The molecule has 5 heteroatoms. The van der Waals surface area contributed by atoms with E-state index < -0.39 is 11.7 Å². The van der Waals surface area contributed by atoms with Crippen molar-refractivity contribution in [2.24, 2.45) is 0 Å². The summed E-state index contributed by atoms with van der Waals surface area (Å²) < 4.78 is 12.9. The first-order chi connectivity index (χ1) is 8.15. The summed E-state index contributed by atoms with van der Waals surface area (Å²) in [7, 11) is 0. The Morgan fingerprint density at radius 1 is 1.59 bits per heavy atom. The molecule has 0 spiro atoms. The highest BCUT2D eigenvalue weighted by Gasteiger charge is 2.11. The van der Waals surface area contributed by atoms with Gasteiger partial charge in [0.15, 0.2) is 0 Å². The zero-order valence-electron chi connectivity index (χ0n) is 9.17. The molecule has 0 unspecified atom stereocenters. The number of hydrogen-bond acceptors (Lipinski definition) is 2. The Labute approximate surface area is 104 Å². The van der Waals surface area contributed by atoms with E-state index in [2.05, 4.69) is 16.2 Å². The third kappa shape index (κ3) is 4.41. The number of halogens is 2. The molecule has 17 heavy (non-hydrogen) atoms. The lowest BCUT2D eigenvalue weighted by Crippen LogP contribution is -2.25. The maximum atomic E-state index is 12.9. The number of hydrogen-bond donors (Lipinski definition) is 1. The van der Waals surface area contributed by atoms with Gasteiger partial charge in [-0.15, -0.1) is 12.3 Å². The fraction of sp³-hybridized carbons (Fsp3) is 0.333. The highest BCUT2D eigenvalue weighted by Crippen LogP contribution is 2.13. The number of nitrogens with one attached hydrogen (secondary N) is 1. The van der Waals surface area contributed by atoms with Crippen LogP contribution in [0.15, 0.2) is 12.3 Å². The van der Waals surface area contributed by atoms with Crippen LogP contribution < -0.4 is 5.32 Å². The van der Waals surface area contributed by atoms with Crippen LogP contribution in [-0.4, -0.2) is 17.4 Å². The molecule has 1 rings (SSSR count). The molecule has 1 aromatic heterocycles. The number of aromatic nitrogens is 1. The van der Waals surface area contributed by atoms with Crippen molar-refractivity contribution in [1.82, 2.24) is 10.3 Å². The second-order valence-electron chi connectivity index (χ2n) is 3.41. The lowest BCUT2D eigenvalue weighted by atomic mass is 10.2. The fourth-order valence-corrected chi connectivity index (χ4v) is 1.42. The van der Waals surface area contributed by atoms with Crippen LogP contribution in [0, 0.1) is 18.2 Å². The number of carbonyl (C=O) groups is 1. The number of nitrogens with zero attached hydrogens (tertiary/aromatic N) is 1. The molecular weight excluding hydrogens is 243 g/mol. The smallest absolute Gasteiger partial charge is 0.254 e. The van der Waals surface area contributed by atoms with Crippen LogP contribution in [-0.2, 0) is 0 Å². The van der Waals surface area contributed by atoms with E-state index in [0.717, 1.165) is 25.1 Å². The molecule has 0 radical (unpaired) electrons. The standard InChI is InChI=1S/C12H12ClFN2O/c1-2-3-4-5-6-15-12(17)10-7-9(14)8-16-11(10)13/h1,7-8H,3-6H2,(H,15,17). The summed E-state index contributed by atoms with van der Waals surface area (Å²) in [6.45, 7) is 0.480. The molecule has 0 aliphatic rings. The van der Waals surface area contributed by atoms with E-state index in [1.54, 1.807) is 0 Å². The molecule has 0 saturated carbocycles. The minimum absolute atomic E-state index is 0.00692. The van der Waals surface area contributed by atoms with Gasteiger partial charge in [0.2, 0.25) is 0 Å². The predicted octanol–water partition coefficient (Wildman–Crippen LogP) is 2.41. The maximum absolute atomic E-state index is 12.9. The van der Waals surface area contributed by atoms with Gasteiger partial charge in [-0.3, -0.25) is 4.79 Å². The molecule has 0 saturated heterocycles. The molecule has 1 aromatic rings. The van der Waals surface area contributed by atoms with Crippen molar-refractivity contribution in [1.29, 1.82) is 0 Å². The van der Waals surface area contributed by atoms with Crippen LogP contribution in [0.3, 0.4) is 0 Å². The molecule has 1 heterocycles. The first-order valence-electron chi connectivity index (χ1n) is 5.18. The molecular formula is C12H12ClFN2O. The van der Waals surface area contributed by atoms with Gasteiger partial charge in [0, 0.05) is 13.0 Å². The van der Waals surface area contributed by atoms with Crippen molar-refractivity contribution in [2.75, 3.05) is 6.54 Å². The molecule has 90 valence electrons. The third-order valence-electron chi connectivity index (χ3n) is 2.08. The van der Waals surface area contributed by atoms with Gasteiger partial charge in [-0.05, 0) is 18.9 Å². The number of carbonyl (C=O) groups excluding carboxylic acids is 1. The van der Waals surface area contributed by atoms with Gasteiger partial charge in [0.1, 0.15) is 11.0 Å². The number of amides is 1. The molecule has 1 N–H and O–H groups in total.